The summed E-state index contributed by atoms with van der Waals surface area (Å²) in [6, 6.07) is 3.05. The van der Waals surface area contributed by atoms with E-state index in [0.29, 0.717) is 6.61 Å². The van der Waals surface area contributed by atoms with E-state index in [2.05, 4.69) is 11.9 Å². The maximum Gasteiger partial charge on any atom is 0.341 e. The molecular weight excluding hydrogens is 285 g/mol. The van der Waals surface area contributed by atoms with E-state index in [1.807, 2.05) is 0 Å². The van der Waals surface area contributed by atoms with E-state index in [0.717, 1.165) is 12.8 Å². The topological polar surface area (TPSA) is 39.2 Å². The summed E-state index contributed by atoms with van der Waals surface area (Å²) >= 11 is 11.5. The van der Waals surface area contributed by atoms with Gasteiger partial charge in [0.15, 0.2) is 0 Å². The summed E-state index contributed by atoms with van der Waals surface area (Å²) in [6.07, 6.45) is 6.91. The molecule has 0 saturated carbocycles. The molecule has 106 valence electrons. The van der Waals surface area contributed by atoms with Gasteiger partial charge in [0.25, 0.3) is 0 Å². The number of hydrogen-bond donors (Lipinski definition) is 0. The van der Waals surface area contributed by atoms with Crippen LogP contribution in [0.1, 0.15) is 55.8 Å². The van der Waals surface area contributed by atoms with E-state index in [4.69, 9.17) is 27.9 Å². The zero-order chi connectivity index (χ0) is 14.1. The van der Waals surface area contributed by atoms with Crippen molar-refractivity contribution in [3.63, 3.8) is 0 Å². The third kappa shape index (κ3) is 6.26. The van der Waals surface area contributed by atoms with Gasteiger partial charge in [-0.15, -0.1) is 0 Å². The number of esters is 1. The maximum absolute atomic E-state index is 11.7. The molecule has 0 saturated heterocycles. The van der Waals surface area contributed by atoms with E-state index in [9.17, 15) is 4.79 Å². The summed E-state index contributed by atoms with van der Waals surface area (Å²) in [5.74, 6) is -0.442. The monoisotopic (exact) mass is 303 g/mol. The Labute approximate surface area is 124 Å². The highest BCUT2D eigenvalue weighted by atomic mass is 35.5. The second kappa shape index (κ2) is 9.16. The van der Waals surface area contributed by atoms with Crippen molar-refractivity contribution in [1.82, 2.24) is 4.98 Å². The minimum Gasteiger partial charge on any atom is -0.462 e. The van der Waals surface area contributed by atoms with Gasteiger partial charge in [-0.2, -0.15) is 0 Å². The number of hydrogen-bond acceptors (Lipinski definition) is 3. The van der Waals surface area contributed by atoms with Crippen LogP contribution in [0.4, 0.5) is 0 Å². The Balaban J connectivity index is 2.24. The van der Waals surface area contributed by atoms with Gasteiger partial charge in [-0.3, -0.25) is 0 Å². The third-order valence-electron chi connectivity index (χ3n) is 2.77. The number of aromatic nitrogens is 1. The van der Waals surface area contributed by atoms with E-state index in [1.165, 1.54) is 37.8 Å². The van der Waals surface area contributed by atoms with E-state index >= 15 is 0 Å². The first-order valence-electron chi connectivity index (χ1n) is 6.64. The summed E-state index contributed by atoms with van der Waals surface area (Å²) in [4.78, 5) is 15.5. The molecule has 0 aliphatic heterocycles. The van der Waals surface area contributed by atoms with Crippen LogP contribution >= 0.6 is 23.2 Å². The number of carbonyl (C=O) groups is 1. The van der Waals surface area contributed by atoms with Gasteiger partial charge in [-0.25, -0.2) is 9.78 Å². The minimum absolute atomic E-state index is 0.0837. The van der Waals surface area contributed by atoms with Crippen molar-refractivity contribution < 1.29 is 9.53 Å². The Morgan fingerprint density at radius 2 is 1.84 bits per heavy atom. The van der Waals surface area contributed by atoms with Crippen LogP contribution in [-0.4, -0.2) is 17.6 Å². The number of ether oxygens (including phenoxy) is 1. The summed E-state index contributed by atoms with van der Waals surface area (Å²) in [6.45, 7) is 2.61. The van der Waals surface area contributed by atoms with Crippen molar-refractivity contribution in [3.05, 3.63) is 28.0 Å². The number of nitrogens with zero attached hydrogens (tertiary/aromatic N) is 1. The third-order valence-corrected chi connectivity index (χ3v) is 3.26. The van der Waals surface area contributed by atoms with Crippen molar-refractivity contribution in [1.29, 1.82) is 0 Å². The van der Waals surface area contributed by atoms with E-state index < -0.39 is 5.97 Å². The SMILES string of the molecule is CCCCCCCCOC(=O)c1ccc(Cl)nc1Cl. The van der Waals surface area contributed by atoms with Crippen LogP contribution in [0, 0.1) is 0 Å². The standard InChI is InChI=1S/C14H19Cl2NO2/c1-2-3-4-5-6-7-10-19-14(18)11-8-9-12(15)17-13(11)16/h8-9H,2-7,10H2,1H3. The van der Waals surface area contributed by atoms with Gasteiger partial charge >= 0.3 is 5.97 Å². The quantitative estimate of drug-likeness (QED) is 0.389. The van der Waals surface area contributed by atoms with Crippen molar-refractivity contribution >= 4 is 29.2 Å². The predicted octanol–water partition coefficient (Wildman–Crippen LogP) is 4.91. The van der Waals surface area contributed by atoms with Crippen LogP contribution in [0.25, 0.3) is 0 Å². The van der Waals surface area contributed by atoms with Gasteiger partial charge in [0.1, 0.15) is 10.3 Å². The Hall–Kier alpha value is -0.800. The molecule has 1 heterocycles. The molecule has 19 heavy (non-hydrogen) atoms. The highest BCUT2D eigenvalue weighted by molar-refractivity contribution is 6.34. The lowest BCUT2D eigenvalue weighted by Gasteiger charge is -2.06. The molecule has 1 aromatic heterocycles. The number of rotatable bonds is 8. The van der Waals surface area contributed by atoms with E-state index in [-0.39, 0.29) is 15.9 Å². The van der Waals surface area contributed by atoms with Gasteiger partial charge in [-0.05, 0) is 18.6 Å². The normalized spacial score (nSPS) is 10.5. The van der Waals surface area contributed by atoms with Crippen molar-refractivity contribution in [2.24, 2.45) is 0 Å². The summed E-state index contributed by atoms with van der Waals surface area (Å²) in [5.41, 5.74) is 0.261. The molecule has 0 aliphatic carbocycles. The van der Waals surface area contributed by atoms with Crippen LogP contribution in [0.15, 0.2) is 12.1 Å². The fourth-order valence-electron chi connectivity index (χ4n) is 1.69. The molecule has 0 fully saturated rings. The van der Waals surface area contributed by atoms with E-state index in [1.54, 1.807) is 0 Å². The second-order valence-corrected chi connectivity index (χ2v) is 5.12. The van der Waals surface area contributed by atoms with Gasteiger partial charge < -0.3 is 4.74 Å². The smallest absolute Gasteiger partial charge is 0.341 e. The van der Waals surface area contributed by atoms with Crippen LogP contribution in [0.3, 0.4) is 0 Å². The summed E-state index contributed by atoms with van der Waals surface area (Å²) < 4.78 is 5.15. The molecule has 0 aromatic carbocycles. The lowest BCUT2D eigenvalue weighted by Crippen LogP contribution is -2.07. The molecule has 3 nitrogen and oxygen atoms in total. The maximum atomic E-state index is 11.7. The first kappa shape index (κ1) is 16.3. The first-order valence-corrected chi connectivity index (χ1v) is 7.40. The molecule has 0 N–H and O–H groups in total. The van der Waals surface area contributed by atoms with Crippen LogP contribution in [0.2, 0.25) is 10.3 Å². The fourth-order valence-corrected chi connectivity index (χ4v) is 2.11. The van der Waals surface area contributed by atoms with Crippen molar-refractivity contribution in [3.8, 4) is 0 Å². The lowest BCUT2D eigenvalue weighted by molar-refractivity contribution is 0.0497. The first-order chi connectivity index (χ1) is 9.15. The summed E-state index contributed by atoms with van der Waals surface area (Å²) in [7, 11) is 0. The Kier molecular flexibility index (Phi) is 7.84. The molecule has 0 unspecified atom stereocenters. The van der Waals surface area contributed by atoms with Gasteiger partial charge in [0, 0.05) is 0 Å². The summed E-state index contributed by atoms with van der Waals surface area (Å²) in [5, 5.41) is 0.345. The van der Waals surface area contributed by atoms with Crippen molar-refractivity contribution in [2.45, 2.75) is 45.4 Å². The van der Waals surface area contributed by atoms with Crippen molar-refractivity contribution in [2.75, 3.05) is 6.61 Å². The highest BCUT2D eigenvalue weighted by Crippen LogP contribution is 2.17. The molecule has 0 bridgehead atoms. The van der Waals surface area contributed by atoms with Gasteiger partial charge in [-0.1, -0.05) is 62.2 Å². The van der Waals surface area contributed by atoms with Gasteiger partial charge in [0.2, 0.25) is 0 Å². The fraction of sp³-hybridized carbons (Fsp3) is 0.571. The Morgan fingerprint density at radius 3 is 2.53 bits per heavy atom. The molecule has 1 aromatic rings. The Bertz CT molecular complexity index is 410. The van der Waals surface area contributed by atoms with Crippen LogP contribution < -0.4 is 0 Å². The second-order valence-electron chi connectivity index (χ2n) is 4.38. The average Bonchev–Trinajstić information content (AvgIpc) is 2.37. The zero-order valence-electron chi connectivity index (χ0n) is 11.1. The Morgan fingerprint density at radius 1 is 1.16 bits per heavy atom. The molecular formula is C14H19Cl2NO2. The molecule has 1 rings (SSSR count). The van der Waals surface area contributed by atoms with Gasteiger partial charge in [0.05, 0.1) is 12.2 Å². The number of pyridine rings is 1. The highest BCUT2D eigenvalue weighted by Gasteiger charge is 2.12. The molecule has 0 radical (unpaired) electrons. The number of unbranched alkanes of at least 4 members (excludes halogenated alkanes) is 5. The lowest BCUT2D eigenvalue weighted by atomic mass is 10.1. The number of halogens is 2. The molecule has 0 spiro atoms. The van der Waals surface area contributed by atoms with Crippen LogP contribution in [-0.2, 0) is 4.74 Å². The average molecular weight is 304 g/mol. The molecule has 0 amide bonds. The molecule has 0 atom stereocenters. The predicted molar refractivity (Wildman–Crippen MR) is 77.9 cm³/mol. The number of carbonyl (C=O) groups excluding carboxylic acids is 1. The van der Waals surface area contributed by atoms with Crippen LogP contribution in [0.5, 0.6) is 0 Å². The largest absolute Gasteiger partial charge is 0.462 e. The molecule has 0 aliphatic rings. The zero-order valence-corrected chi connectivity index (χ0v) is 12.6. The molecule has 5 heteroatoms. The minimum atomic E-state index is -0.442.